The van der Waals surface area contributed by atoms with Crippen LogP contribution in [0.15, 0.2) is 41.1 Å². The summed E-state index contributed by atoms with van der Waals surface area (Å²) in [6, 6.07) is 10.1. The molecule has 5 heteroatoms. The van der Waals surface area contributed by atoms with E-state index in [1.807, 2.05) is 35.2 Å². The SMILES string of the molecule is O=C(c1ncoc1C1CC1)N1CC[C@@](O)(c2ccccc2)[C@H]2CCCC[C@@H]21. The van der Waals surface area contributed by atoms with Gasteiger partial charge in [0.15, 0.2) is 12.1 Å². The number of carbonyl (C=O) groups excluding carboxylic acids is 1. The van der Waals surface area contributed by atoms with Gasteiger partial charge in [-0.1, -0.05) is 43.2 Å². The van der Waals surface area contributed by atoms with Crippen molar-refractivity contribution >= 4 is 5.91 Å². The van der Waals surface area contributed by atoms with Crippen LogP contribution in [0.5, 0.6) is 0 Å². The van der Waals surface area contributed by atoms with Crippen molar-refractivity contribution in [1.29, 1.82) is 0 Å². The first-order valence-corrected chi connectivity index (χ1v) is 10.2. The molecule has 2 aliphatic carbocycles. The van der Waals surface area contributed by atoms with E-state index in [1.54, 1.807) is 0 Å². The molecule has 142 valence electrons. The Hall–Kier alpha value is -2.14. The maximum atomic E-state index is 13.3. The number of aliphatic hydroxyl groups is 1. The van der Waals surface area contributed by atoms with Crippen LogP contribution >= 0.6 is 0 Å². The summed E-state index contributed by atoms with van der Waals surface area (Å²) in [7, 11) is 0. The highest BCUT2D eigenvalue weighted by atomic mass is 16.3. The van der Waals surface area contributed by atoms with Gasteiger partial charge in [0, 0.05) is 24.4 Å². The molecule has 1 amide bonds. The van der Waals surface area contributed by atoms with Crippen LogP contribution in [-0.4, -0.2) is 33.5 Å². The lowest BCUT2D eigenvalue weighted by atomic mass is 9.66. The molecule has 0 spiro atoms. The second kappa shape index (κ2) is 6.48. The van der Waals surface area contributed by atoms with Crippen molar-refractivity contribution in [2.75, 3.05) is 6.54 Å². The highest BCUT2D eigenvalue weighted by Crippen LogP contribution is 2.48. The number of fused-ring (bicyclic) bond motifs is 1. The van der Waals surface area contributed by atoms with Gasteiger partial charge in [0.25, 0.3) is 5.91 Å². The monoisotopic (exact) mass is 366 g/mol. The van der Waals surface area contributed by atoms with Crippen molar-refractivity contribution in [3.05, 3.63) is 53.7 Å². The highest BCUT2D eigenvalue weighted by Gasteiger charge is 2.51. The average Bonchev–Trinajstić information content (AvgIpc) is 3.45. The Morgan fingerprint density at radius 3 is 2.70 bits per heavy atom. The first kappa shape index (κ1) is 17.0. The Kier molecular flexibility index (Phi) is 4.08. The van der Waals surface area contributed by atoms with Crippen LogP contribution in [0.2, 0.25) is 0 Å². The fraction of sp³-hybridized carbons (Fsp3) is 0.545. The minimum atomic E-state index is -0.855. The van der Waals surface area contributed by atoms with Crippen LogP contribution in [0.4, 0.5) is 0 Å². The number of rotatable bonds is 3. The van der Waals surface area contributed by atoms with Crippen molar-refractivity contribution in [3.8, 4) is 0 Å². The number of likely N-dealkylation sites (tertiary alicyclic amines) is 1. The zero-order chi connectivity index (χ0) is 18.4. The van der Waals surface area contributed by atoms with E-state index < -0.39 is 5.60 Å². The molecule has 1 aromatic heterocycles. The molecule has 3 fully saturated rings. The van der Waals surface area contributed by atoms with E-state index in [1.165, 1.54) is 6.39 Å². The van der Waals surface area contributed by atoms with Crippen LogP contribution in [0.3, 0.4) is 0 Å². The van der Waals surface area contributed by atoms with E-state index in [0.717, 1.165) is 49.8 Å². The topological polar surface area (TPSA) is 66.6 Å². The van der Waals surface area contributed by atoms with Crippen LogP contribution in [-0.2, 0) is 5.60 Å². The fourth-order valence-electron chi connectivity index (χ4n) is 5.21. The summed E-state index contributed by atoms with van der Waals surface area (Å²) < 4.78 is 5.54. The number of hydrogen-bond donors (Lipinski definition) is 1. The number of benzene rings is 1. The molecule has 2 saturated carbocycles. The fourth-order valence-corrected chi connectivity index (χ4v) is 5.21. The summed E-state index contributed by atoms with van der Waals surface area (Å²) >= 11 is 0. The van der Waals surface area contributed by atoms with Crippen molar-refractivity contribution in [3.63, 3.8) is 0 Å². The maximum absolute atomic E-state index is 13.3. The van der Waals surface area contributed by atoms with Gasteiger partial charge in [0.05, 0.1) is 5.60 Å². The first-order chi connectivity index (χ1) is 13.2. The van der Waals surface area contributed by atoms with E-state index in [2.05, 4.69) is 4.98 Å². The lowest BCUT2D eigenvalue weighted by Gasteiger charge is -2.52. The second-order valence-electron chi connectivity index (χ2n) is 8.34. The molecule has 3 atom stereocenters. The third-order valence-electron chi connectivity index (χ3n) is 6.76. The Labute approximate surface area is 159 Å². The summed E-state index contributed by atoms with van der Waals surface area (Å²) in [6.45, 7) is 0.558. The van der Waals surface area contributed by atoms with Crippen molar-refractivity contribution < 1.29 is 14.3 Å². The lowest BCUT2D eigenvalue weighted by Crippen LogP contribution is -2.59. The zero-order valence-corrected chi connectivity index (χ0v) is 15.5. The summed E-state index contributed by atoms with van der Waals surface area (Å²) in [4.78, 5) is 19.6. The predicted molar refractivity (Wildman–Crippen MR) is 100 cm³/mol. The summed E-state index contributed by atoms with van der Waals surface area (Å²) in [6.07, 6.45) is 8.24. The normalized spacial score (nSPS) is 30.8. The van der Waals surface area contributed by atoms with Crippen LogP contribution in [0, 0.1) is 5.92 Å². The van der Waals surface area contributed by atoms with Gasteiger partial charge in [-0.15, -0.1) is 0 Å². The summed E-state index contributed by atoms with van der Waals surface area (Å²) in [5, 5.41) is 11.6. The van der Waals surface area contributed by atoms with E-state index >= 15 is 0 Å². The quantitative estimate of drug-likeness (QED) is 0.896. The third-order valence-corrected chi connectivity index (χ3v) is 6.76. The van der Waals surface area contributed by atoms with Crippen LogP contribution < -0.4 is 0 Å². The van der Waals surface area contributed by atoms with Gasteiger partial charge in [-0.05, 0) is 37.7 Å². The van der Waals surface area contributed by atoms with Gasteiger partial charge in [0.1, 0.15) is 5.76 Å². The molecule has 3 aliphatic rings. The van der Waals surface area contributed by atoms with Crippen molar-refractivity contribution in [1.82, 2.24) is 9.88 Å². The van der Waals surface area contributed by atoms with Gasteiger partial charge in [-0.2, -0.15) is 0 Å². The number of oxazole rings is 1. The van der Waals surface area contributed by atoms with Gasteiger partial charge >= 0.3 is 0 Å². The maximum Gasteiger partial charge on any atom is 0.276 e. The van der Waals surface area contributed by atoms with E-state index in [9.17, 15) is 9.90 Å². The highest BCUT2D eigenvalue weighted by molar-refractivity contribution is 5.93. The Balaban J connectivity index is 1.46. The number of piperidine rings is 1. The molecule has 27 heavy (non-hydrogen) atoms. The number of amides is 1. The summed E-state index contributed by atoms with van der Waals surface area (Å²) in [5.74, 6) is 1.18. The van der Waals surface area contributed by atoms with E-state index in [0.29, 0.717) is 24.6 Å². The molecule has 1 aliphatic heterocycles. The second-order valence-corrected chi connectivity index (χ2v) is 8.34. The van der Waals surface area contributed by atoms with Crippen LogP contribution in [0.1, 0.15) is 72.7 Å². The first-order valence-electron chi connectivity index (χ1n) is 10.2. The number of aromatic nitrogens is 1. The van der Waals surface area contributed by atoms with Crippen molar-refractivity contribution in [2.24, 2.45) is 5.92 Å². The van der Waals surface area contributed by atoms with Gasteiger partial charge in [-0.3, -0.25) is 4.79 Å². The average molecular weight is 366 g/mol. The number of hydrogen-bond acceptors (Lipinski definition) is 4. The van der Waals surface area contributed by atoms with E-state index in [4.69, 9.17) is 4.42 Å². The predicted octanol–water partition coefficient (Wildman–Crippen LogP) is 3.84. The smallest absolute Gasteiger partial charge is 0.276 e. The largest absolute Gasteiger partial charge is 0.447 e. The molecule has 1 saturated heterocycles. The van der Waals surface area contributed by atoms with Gasteiger partial charge in [-0.25, -0.2) is 4.98 Å². The molecule has 2 heterocycles. The molecule has 1 aromatic carbocycles. The van der Waals surface area contributed by atoms with E-state index in [-0.39, 0.29) is 17.9 Å². The molecular weight excluding hydrogens is 340 g/mol. The molecule has 0 bridgehead atoms. The molecule has 0 unspecified atom stereocenters. The minimum Gasteiger partial charge on any atom is -0.447 e. The minimum absolute atomic E-state index is 0.0161. The lowest BCUT2D eigenvalue weighted by molar-refractivity contribution is -0.110. The molecule has 2 aromatic rings. The van der Waals surface area contributed by atoms with Gasteiger partial charge in [0.2, 0.25) is 0 Å². The summed E-state index contributed by atoms with van der Waals surface area (Å²) in [5.41, 5.74) is 0.618. The van der Waals surface area contributed by atoms with Crippen molar-refractivity contribution in [2.45, 2.75) is 62.5 Å². The molecular formula is C22H26N2O3. The molecule has 0 radical (unpaired) electrons. The molecule has 1 N–H and O–H groups in total. The van der Waals surface area contributed by atoms with Crippen LogP contribution in [0.25, 0.3) is 0 Å². The Morgan fingerprint density at radius 1 is 1.15 bits per heavy atom. The number of carbonyl (C=O) groups is 1. The number of nitrogens with zero attached hydrogens (tertiary/aromatic N) is 2. The standard InChI is InChI=1S/C22H26N2O3/c25-21(19-20(15-10-11-15)27-14-23-19)24-13-12-22(26,16-6-2-1-3-7-16)17-8-4-5-9-18(17)24/h1-3,6-7,14-15,17-18,26H,4-5,8-13H2/t17-,18-,22+/m0/s1. The third kappa shape index (κ3) is 2.80. The zero-order valence-electron chi connectivity index (χ0n) is 15.5. The molecule has 5 rings (SSSR count). The Bertz CT molecular complexity index is 829. The Morgan fingerprint density at radius 2 is 1.93 bits per heavy atom. The molecule has 5 nitrogen and oxygen atoms in total. The van der Waals surface area contributed by atoms with Gasteiger partial charge < -0.3 is 14.4 Å².